The van der Waals surface area contributed by atoms with Gasteiger partial charge in [0.05, 0.1) is 28.4 Å². The summed E-state index contributed by atoms with van der Waals surface area (Å²) in [5.41, 5.74) is 10.4. The van der Waals surface area contributed by atoms with Crippen molar-refractivity contribution in [1.29, 1.82) is 0 Å². The lowest BCUT2D eigenvalue weighted by Crippen LogP contribution is -2.03. The van der Waals surface area contributed by atoms with Crippen molar-refractivity contribution >= 4 is 120 Å². The number of benzene rings is 10. The van der Waals surface area contributed by atoms with Crippen molar-refractivity contribution in [3.63, 3.8) is 0 Å². The molecule has 2 heteroatoms. The van der Waals surface area contributed by atoms with Gasteiger partial charge in [0.1, 0.15) is 0 Å². The van der Waals surface area contributed by atoms with Gasteiger partial charge in [-0.3, -0.25) is 0 Å². The molecule has 0 spiro atoms. The lowest BCUT2D eigenvalue weighted by atomic mass is 9.76. The van der Waals surface area contributed by atoms with Gasteiger partial charge in [-0.2, -0.15) is 0 Å². The van der Waals surface area contributed by atoms with Crippen LogP contribution >= 0.6 is 0 Å². The first-order chi connectivity index (χ1) is 26.8. The Labute approximate surface area is 310 Å². The number of fused-ring (bicyclic) bond motifs is 18. The van der Waals surface area contributed by atoms with Crippen molar-refractivity contribution in [2.75, 3.05) is 9.80 Å². The molecule has 0 amide bonds. The summed E-state index contributed by atoms with van der Waals surface area (Å²) in [6.07, 6.45) is 0. The molecular weight excluding hydrogens is 653 g/mol. The average Bonchev–Trinajstić information content (AvgIpc) is 4.14. The van der Waals surface area contributed by atoms with Gasteiger partial charge < -0.3 is 9.80 Å². The lowest BCUT2D eigenvalue weighted by molar-refractivity contribution is 1.50. The van der Waals surface area contributed by atoms with Gasteiger partial charge in [0.15, 0.2) is 0 Å². The summed E-state index contributed by atoms with van der Waals surface area (Å²) in [7, 11) is 0. The molecule has 2 aliphatic rings. The molecule has 0 saturated heterocycles. The van der Waals surface area contributed by atoms with Crippen molar-refractivity contribution in [3.05, 3.63) is 170 Å². The van der Waals surface area contributed by atoms with E-state index in [2.05, 4.69) is 180 Å². The zero-order valence-corrected chi connectivity index (χ0v) is 29.1. The fourth-order valence-corrected chi connectivity index (χ4v) is 10.2. The van der Waals surface area contributed by atoms with E-state index in [1.54, 1.807) is 0 Å². The number of rotatable bonds is 3. The Balaban J connectivity index is 1.09. The van der Waals surface area contributed by atoms with Gasteiger partial charge >= 0.3 is 0 Å². The molecule has 2 nitrogen and oxygen atoms in total. The number of nitrogens with zero attached hydrogens (tertiary/aromatic N) is 2. The summed E-state index contributed by atoms with van der Waals surface area (Å²) in [5.74, 6) is 0. The SMILES string of the molecule is c1ccc2c3c(ccc2c1)N3c1ccc(-c2c3c4ccc5ccccc5c4c3c(N3c4ccc5ccccc5c43)c3c4ccc5ccccc5c4c23)cc1. The van der Waals surface area contributed by atoms with E-state index in [0.717, 1.165) is 0 Å². The topological polar surface area (TPSA) is 6.02 Å². The van der Waals surface area contributed by atoms with E-state index in [4.69, 9.17) is 0 Å². The molecule has 0 radical (unpaired) electrons. The van der Waals surface area contributed by atoms with E-state index in [0.29, 0.717) is 0 Å². The molecule has 12 aromatic carbocycles. The first-order valence-electron chi connectivity index (χ1n) is 18.9. The Morgan fingerprint density at radius 3 is 1.33 bits per heavy atom. The van der Waals surface area contributed by atoms with E-state index < -0.39 is 0 Å². The predicted molar refractivity (Wildman–Crippen MR) is 231 cm³/mol. The van der Waals surface area contributed by atoms with Crippen LogP contribution in [0.15, 0.2) is 170 Å². The summed E-state index contributed by atoms with van der Waals surface area (Å²) >= 11 is 0. The van der Waals surface area contributed by atoms with E-state index in [9.17, 15) is 0 Å². The highest BCUT2D eigenvalue weighted by molar-refractivity contribution is 6.52. The summed E-state index contributed by atoms with van der Waals surface area (Å²) in [5, 5.41) is 21.4. The van der Waals surface area contributed by atoms with Crippen LogP contribution in [-0.4, -0.2) is 0 Å². The number of hydrogen-bond acceptors (Lipinski definition) is 2. The van der Waals surface area contributed by atoms with Gasteiger partial charge in [-0.05, 0) is 83.9 Å². The monoisotopic (exact) mass is 680 g/mol. The van der Waals surface area contributed by atoms with E-state index in [1.807, 2.05) is 0 Å². The minimum atomic E-state index is 1.21. The van der Waals surface area contributed by atoms with Crippen LogP contribution in [0.5, 0.6) is 0 Å². The minimum Gasteiger partial charge on any atom is -0.306 e. The fraction of sp³-hybridized carbons (Fsp3) is 0. The summed E-state index contributed by atoms with van der Waals surface area (Å²) in [6.45, 7) is 0. The third kappa shape index (κ3) is 3.25. The third-order valence-electron chi connectivity index (χ3n) is 12.6. The number of hydrogen-bond donors (Lipinski definition) is 0. The highest BCUT2D eigenvalue weighted by atomic mass is 15.3. The van der Waals surface area contributed by atoms with Gasteiger partial charge in [0.25, 0.3) is 0 Å². The summed E-state index contributed by atoms with van der Waals surface area (Å²) in [4.78, 5) is 4.97. The van der Waals surface area contributed by atoms with Crippen LogP contribution < -0.4 is 9.80 Å². The van der Waals surface area contributed by atoms with E-state index >= 15 is 0 Å². The van der Waals surface area contributed by atoms with Gasteiger partial charge in [0.2, 0.25) is 0 Å². The molecule has 0 aliphatic carbocycles. The molecule has 0 bridgehead atoms. The van der Waals surface area contributed by atoms with E-state index in [1.165, 1.54) is 131 Å². The molecule has 0 fully saturated rings. The Morgan fingerprint density at radius 1 is 0.259 bits per heavy atom. The lowest BCUT2D eigenvalue weighted by Gasteiger charge is -2.29. The first-order valence-corrected chi connectivity index (χ1v) is 18.9. The highest BCUT2D eigenvalue weighted by Gasteiger charge is 2.40. The Morgan fingerprint density at radius 2 is 0.722 bits per heavy atom. The fourth-order valence-electron chi connectivity index (χ4n) is 10.2. The van der Waals surface area contributed by atoms with Crippen LogP contribution in [0, 0.1) is 0 Å². The molecule has 2 aliphatic heterocycles. The van der Waals surface area contributed by atoms with Crippen molar-refractivity contribution in [3.8, 4) is 11.1 Å². The largest absolute Gasteiger partial charge is 0.306 e. The maximum atomic E-state index is 2.57. The van der Waals surface area contributed by atoms with Crippen LogP contribution in [0.1, 0.15) is 0 Å². The molecule has 0 atom stereocenters. The predicted octanol–water partition coefficient (Wildman–Crippen LogP) is 15.0. The normalized spacial score (nSPS) is 13.5. The second-order valence-corrected chi connectivity index (χ2v) is 15.2. The smallest absolute Gasteiger partial charge is 0.0782 e. The van der Waals surface area contributed by atoms with Gasteiger partial charge in [0, 0.05) is 43.4 Å². The number of anilines is 6. The zero-order chi connectivity index (χ0) is 34.8. The van der Waals surface area contributed by atoms with Gasteiger partial charge in [-0.15, -0.1) is 0 Å². The van der Waals surface area contributed by atoms with E-state index in [-0.39, 0.29) is 0 Å². The molecule has 14 rings (SSSR count). The standard InChI is InChI=1S/C52H28N2/c1-5-13-35-29(9-1)20-26-40-44(35)48-43(33-17-23-34(24-18-33)53-41-27-21-31-11-3-7-15-37(31)50(41)53)46-39-25-19-30-10-2-6-14-36(30)45(39)49(46)52(47(40)48)54-42-28-22-32-12-4-8-16-38(32)51(42)54/h1-28H. The molecule has 2 heterocycles. The maximum absolute atomic E-state index is 2.57. The molecule has 0 unspecified atom stereocenters. The van der Waals surface area contributed by atoms with Crippen molar-refractivity contribution in [2.24, 2.45) is 0 Å². The Kier molecular flexibility index (Phi) is 4.80. The maximum Gasteiger partial charge on any atom is 0.0782 e. The molecule has 0 N–H and O–H groups in total. The third-order valence-corrected chi connectivity index (χ3v) is 12.6. The molecule has 54 heavy (non-hydrogen) atoms. The quantitative estimate of drug-likeness (QED) is 0.171. The zero-order valence-electron chi connectivity index (χ0n) is 29.1. The average molecular weight is 681 g/mol. The van der Waals surface area contributed by atoms with Crippen molar-refractivity contribution in [2.45, 2.75) is 0 Å². The highest BCUT2D eigenvalue weighted by Crippen LogP contribution is 2.66. The van der Waals surface area contributed by atoms with Gasteiger partial charge in [-0.1, -0.05) is 146 Å². The Hall–Kier alpha value is -7.16. The molecule has 246 valence electrons. The molecule has 0 aromatic heterocycles. The van der Waals surface area contributed by atoms with Crippen LogP contribution in [0.25, 0.3) is 97.3 Å². The van der Waals surface area contributed by atoms with Crippen molar-refractivity contribution < 1.29 is 0 Å². The molecule has 0 saturated carbocycles. The summed E-state index contributed by atoms with van der Waals surface area (Å²) < 4.78 is 0. The summed E-state index contributed by atoms with van der Waals surface area (Å²) in [6, 6.07) is 63.2. The van der Waals surface area contributed by atoms with Gasteiger partial charge in [-0.25, -0.2) is 0 Å². The van der Waals surface area contributed by atoms with Crippen LogP contribution in [0.2, 0.25) is 0 Å². The second-order valence-electron chi connectivity index (χ2n) is 15.2. The second kappa shape index (κ2) is 9.43. The van der Waals surface area contributed by atoms with Crippen molar-refractivity contribution in [1.82, 2.24) is 0 Å². The van der Waals surface area contributed by atoms with Crippen LogP contribution in [-0.2, 0) is 0 Å². The molecule has 12 aromatic rings. The minimum absolute atomic E-state index is 1.21. The van der Waals surface area contributed by atoms with Crippen LogP contribution in [0.4, 0.5) is 34.1 Å². The molecular formula is C52H28N2. The first kappa shape index (κ1) is 27.5. The van der Waals surface area contributed by atoms with Crippen LogP contribution in [0.3, 0.4) is 0 Å². The Bertz CT molecular complexity index is 3620.